The molecule has 2 aromatic carbocycles. The number of sulfonamides is 1. The fourth-order valence-corrected chi connectivity index (χ4v) is 6.00. The van der Waals surface area contributed by atoms with Crippen LogP contribution in [0.3, 0.4) is 0 Å². The van der Waals surface area contributed by atoms with E-state index in [1.54, 1.807) is 16.4 Å². The number of hydrogen-bond donors (Lipinski definition) is 1. The number of aryl methyl sites for hydroxylation is 2. The van der Waals surface area contributed by atoms with Crippen LogP contribution in [0, 0.1) is 0 Å². The largest absolute Gasteiger partial charge is 0.327 e. The Labute approximate surface area is 191 Å². The molecule has 1 atom stereocenters. The number of fused-ring (bicyclic) bond motifs is 1. The first-order valence-electron chi connectivity index (χ1n) is 11.8. The van der Waals surface area contributed by atoms with Crippen LogP contribution in [-0.4, -0.2) is 35.4 Å². The Morgan fingerprint density at radius 3 is 2.41 bits per heavy atom. The minimum atomic E-state index is -3.46. The lowest BCUT2D eigenvalue weighted by Crippen LogP contribution is -2.35. The molecule has 1 aliphatic rings. The van der Waals surface area contributed by atoms with Crippen molar-refractivity contribution in [2.24, 2.45) is 0 Å². The minimum absolute atomic E-state index is 0.195. The lowest BCUT2D eigenvalue weighted by atomic mass is 10.1. The van der Waals surface area contributed by atoms with Gasteiger partial charge in [0.2, 0.25) is 10.0 Å². The van der Waals surface area contributed by atoms with Gasteiger partial charge >= 0.3 is 0 Å². The molecule has 3 aromatic rings. The van der Waals surface area contributed by atoms with Crippen LogP contribution in [0.1, 0.15) is 63.0 Å². The summed E-state index contributed by atoms with van der Waals surface area (Å²) in [5.41, 5.74) is 4.30. The Hall–Kier alpha value is -2.22. The average molecular weight is 455 g/mol. The van der Waals surface area contributed by atoms with Crippen LogP contribution in [0.5, 0.6) is 0 Å². The molecular weight excluding hydrogens is 420 g/mol. The van der Waals surface area contributed by atoms with Crippen LogP contribution in [0.4, 0.5) is 0 Å². The standard InChI is InChI=1S/C25H34N4O2S/c1-4-20-9-11-21(12-10-20)19(3)26-18-25-27-23-17-22(13-14-24(23)29(25)5-2)32(30,31)28-15-7-6-8-16-28/h9-14,17,19,26H,4-8,15-16,18H2,1-3H3/t19-/m1/s1. The van der Waals surface area contributed by atoms with Gasteiger partial charge in [-0.25, -0.2) is 13.4 Å². The quantitative estimate of drug-likeness (QED) is 0.538. The van der Waals surface area contributed by atoms with Crippen LogP contribution in [0.15, 0.2) is 47.4 Å². The van der Waals surface area contributed by atoms with Crippen LogP contribution in [0.2, 0.25) is 0 Å². The zero-order valence-corrected chi connectivity index (χ0v) is 20.2. The van der Waals surface area contributed by atoms with E-state index in [0.717, 1.165) is 49.1 Å². The molecule has 172 valence electrons. The van der Waals surface area contributed by atoms with Crippen molar-refractivity contribution in [2.45, 2.75) is 70.5 Å². The van der Waals surface area contributed by atoms with Gasteiger partial charge in [-0.05, 0) is 62.4 Å². The maximum Gasteiger partial charge on any atom is 0.243 e. The van der Waals surface area contributed by atoms with E-state index >= 15 is 0 Å². The predicted molar refractivity (Wildman–Crippen MR) is 129 cm³/mol. The highest BCUT2D eigenvalue weighted by molar-refractivity contribution is 7.89. The molecule has 1 aromatic heterocycles. The van der Waals surface area contributed by atoms with Crippen molar-refractivity contribution < 1.29 is 8.42 Å². The summed E-state index contributed by atoms with van der Waals surface area (Å²) >= 11 is 0. The lowest BCUT2D eigenvalue weighted by Gasteiger charge is -2.25. The summed E-state index contributed by atoms with van der Waals surface area (Å²) in [5, 5.41) is 3.58. The van der Waals surface area contributed by atoms with E-state index < -0.39 is 10.0 Å². The summed E-state index contributed by atoms with van der Waals surface area (Å²) in [4.78, 5) is 5.16. The molecule has 0 radical (unpaired) electrons. The third kappa shape index (κ3) is 4.60. The molecule has 0 saturated carbocycles. The van der Waals surface area contributed by atoms with Crippen LogP contribution in [-0.2, 0) is 29.5 Å². The van der Waals surface area contributed by atoms with E-state index in [1.165, 1.54) is 11.1 Å². The van der Waals surface area contributed by atoms with E-state index in [-0.39, 0.29) is 6.04 Å². The molecule has 1 aliphatic heterocycles. The Morgan fingerprint density at radius 2 is 1.75 bits per heavy atom. The lowest BCUT2D eigenvalue weighted by molar-refractivity contribution is 0.346. The number of nitrogens with one attached hydrogen (secondary N) is 1. The molecule has 0 bridgehead atoms. The van der Waals surface area contributed by atoms with Crippen molar-refractivity contribution in [3.63, 3.8) is 0 Å². The Bertz CT molecular complexity index is 1160. The summed E-state index contributed by atoms with van der Waals surface area (Å²) in [6.07, 6.45) is 4.00. The van der Waals surface area contributed by atoms with Crippen molar-refractivity contribution in [3.8, 4) is 0 Å². The molecule has 7 heteroatoms. The highest BCUT2D eigenvalue weighted by Gasteiger charge is 2.26. The number of hydrogen-bond acceptors (Lipinski definition) is 4. The van der Waals surface area contributed by atoms with Gasteiger partial charge in [-0.15, -0.1) is 0 Å². The van der Waals surface area contributed by atoms with Gasteiger partial charge in [-0.2, -0.15) is 4.31 Å². The van der Waals surface area contributed by atoms with Gasteiger partial charge in [0.25, 0.3) is 0 Å². The Morgan fingerprint density at radius 1 is 1.03 bits per heavy atom. The second kappa shape index (κ2) is 9.73. The first-order valence-corrected chi connectivity index (χ1v) is 13.2. The van der Waals surface area contributed by atoms with Gasteiger partial charge in [0.1, 0.15) is 5.82 Å². The summed E-state index contributed by atoms with van der Waals surface area (Å²) in [7, 11) is -3.46. The molecule has 1 N–H and O–H groups in total. The van der Waals surface area contributed by atoms with Crippen molar-refractivity contribution in [1.29, 1.82) is 0 Å². The normalized spacial score (nSPS) is 16.5. The number of rotatable bonds is 8. The third-order valence-electron chi connectivity index (χ3n) is 6.52. The topological polar surface area (TPSA) is 67.2 Å². The minimum Gasteiger partial charge on any atom is -0.327 e. The predicted octanol–water partition coefficient (Wildman–Crippen LogP) is 4.64. The molecule has 0 aliphatic carbocycles. The van der Waals surface area contributed by atoms with Crippen LogP contribution in [0.25, 0.3) is 11.0 Å². The number of nitrogens with zero attached hydrogens (tertiary/aromatic N) is 3. The SMILES string of the molecule is CCc1ccc([C@@H](C)NCc2nc3cc(S(=O)(=O)N4CCCCC4)ccc3n2CC)cc1. The second-order valence-electron chi connectivity index (χ2n) is 8.59. The van der Waals surface area contributed by atoms with Crippen molar-refractivity contribution in [3.05, 3.63) is 59.4 Å². The van der Waals surface area contributed by atoms with E-state index in [9.17, 15) is 8.42 Å². The maximum atomic E-state index is 13.1. The van der Waals surface area contributed by atoms with Crippen molar-refractivity contribution >= 4 is 21.1 Å². The molecule has 1 fully saturated rings. The first kappa shape index (κ1) is 23.0. The zero-order chi connectivity index (χ0) is 22.7. The fraction of sp³-hybridized carbons (Fsp3) is 0.480. The molecule has 1 saturated heterocycles. The highest BCUT2D eigenvalue weighted by Crippen LogP contribution is 2.25. The number of benzene rings is 2. The number of piperidine rings is 1. The Balaban J connectivity index is 1.55. The monoisotopic (exact) mass is 454 g/mol. The zero-order valence-electron chi connectivity index (χ0n) is 19.3. The summed E-state index contributed by atoms with van der Waals surface area (Å²) in [5.74, 6) is 0.923. The van der Waals surface area contributed by atoms with E-state index in [2.05, 4.69) is 54.9 Å². The molecular formula is C25H34N4O2S. The third-order valence-corrected chi connectivity index (χ3v) is 8.42. The van der Waals surface area contributed by atoms with Crippen molar-refractivity contribution in [2.75, 3.05) is 13.1 Å². The molecule has 32 heavy (non-hydrogen) atoms. The molecule has 0 unspecified atom stereocenters. The van der Waals surface area contributed by atoms with E-state index in [0.29, 0.717) is 24.5 Å². The van der Waals surface area contributed by atoms with Gasteiger partial charge in [0.15, 0.2) is 0 Å². The molecule has 2 heterocycles. The summed E-state index contributed by atoms with van der Waals surface area (Å²) < 4.78 is 30.0. The summed E-state index contributed by atoms with van der Waals surface area (Å²) in [6, 6.07) is 14.3. The molecule has 6 nitrogen and oxygen atoms in total. The average Bonchev–Trinajstić information content (AvgIpc) is 3.19. The fourth-order valence-electron chi connectivity index (χ4n) is 4.47. The number of imidazole rings is 1. The van der Waals surface area contributed by atoms with Crippen LogP contribution >= 0.6 is 0 Å². The van der Waals surface area contributed by atoms with Crippen molar-refractivity contribution in [1.82, 2.24) is 19.2 Å². The van der Waals surface area contributed by atoms with Gasteiger partial charge in [0, 0.05) is 25.7 Å². The van der Waals surface area contributed by atoms with Crippen LogP contribution < -0.4 is 5.32 Å². The Kier molecular flexibility index (Phi) is 6.98. The maximum absolute atomic E-state index is 13.1. The van der Waals surface area contributed by atoms with E-state index in [4.69, 9.17) is 4.98 Å². The first-order chi connectivity index (χ1) is 15.4. The molecule has 0 spiro atoms. The summed E-state index contributed by atoms with van der Waals surface area (Å²) in [6.45, 7) is 9.03. The number of aromatic nitrogens is 2. The van der Waals surface area contributed by atoms with Gasteiger partial charge < -0.3 is 9.88 Å². The van der Waals surface area contributed by atoms with Gasteiger partial charge in [-0.3, -0.25) is 0 Å². The second-order valence-corrected chi connectivity index (χ2v) is 10.5. The smallest absolute Gasteiger partial charge is 0.243 e. The molecule has 0 amide bonds. The van der Waals surface area contributed by atoms with Gasteiger partial charge in [-0.1, -0.05) is 37.6 Å². The molecule has 4 rings (SSSR count). The van der Waals surface area contributed by atoms with Gasteiger partial charge in [0.05, 0.1) is 22.5 Å². The highest BCUT2D eigenvalue weighted by atomic mass is 32.2. The van der Waals surface area contributed by atoms with E-state index in [1.807, 2.05) is 6.07 Å².